The Balaban J connectivity index is 2.18. The van der Waals surface area contributed by atoms with Gasteiger partial charge < -0.3 is 15.8 Å². The average Bonchev–Trinajstić information content (AvgIpc) is 2.25. The summed E-state index contributed by atoms with van der Waals surface area (Å²) in [5.41, 5.74) is 5.53. The predicted molar refractivity (Wildman–Crippen MR) is 63.0 cm³/mol. The van der Waals surface area contributed by atoms with Gasteiger partial charge in [-0.3, -0.25) is 4.79 Å². The number of rotatable bonds is 6. The molecular formula is C11H17N3O2. The topological polar surface area (TPSA) is 77.2 Å². The lowest BCUT2D eigenvalue weighted by atomic mass is 10.3. The fraction of sp³-hybridized carbons (Fsp3) is 0.455. The second-order valence-electron chi connectivity index (χ2n) is 3.28. The number of nitrogens with one attached hydrogen (secondary N) is 1. The molecule has 16 heavy (non-hydrogen) atoms. The maximum absolute atomic E-state index is 11.0. The van der Waals surface area contributed by atoms with Crippen molar-refractivity contribution in [2.24, 2.45) is 0 Å². The van der Waals surface area contributed by atoms with Crippen LogP contribution in [0.4, 0.5) is 11.6 Å². The van der Waals surface area contributed by atoms with E-state index in [0.717, 1.165) is 12.2 Å². The zero-order chi connectivity index (χ0) is 11.8. The Morgan fingerprint density at radius 1 is 1.56 bits per heavy atom. The van der Waals surface area contributed by atoms with Crippen LogP contribution < -0.4 is 11.1 Å². The summed E-state index contributed by atoms with van der Waals surface area (Å²) < 4.78 is 4.81. The van der Waals surface area contributed by atoms with E-state index in [9.17, 15) is 4.79 Å². The molecule has 3 N–H and O–H groups in total. The summed E-state index contributed by atoms with van der Waals surface area (Å²) >= 11 is 0. The van der Waals surface area contributed by atoms with E-state index >= 15 is 0 Å². The SMILES string of the molecule is CCOC(=O)CCCNc1cccc(N)n1. The molecule has 0 atom stereocenters. The van der Waals surface area contributed by atoms with Crippen LogP contribution in [0.3, 0.4) is 0 Å². The molecule has 0 bridgehead atoms. The molecule has 0 spiro atoms. The first-order valence-corrected chi connectivity index (χ1v) is 5.34. The number of nitrogens with two attached hydrogens (primary N) is 1. The van der Waals surface area contributed by atoms with E-state index in [4.69, 9.17) is 10.5 Å². The molecule has 1 aromatic rings. The first-order chi connectivity index (χ1) is 7.72. The highest BCUT2D eigenvalue weighted by Crippen LogP contribution is 2.05. The molecule has 0 saturated heterocycles. The van der Waals surface area contributed by atoms with Gasteiger partial charge in [0.15, 0.2) is 0 Å². The van der Waals surface area contributed by atoms with Gasteiger partial charge in [-0.15, -0.1) is 0 Å². The number of aromatic nitrogens is 1. The Hall–Kier alpha value is -1.78. The monoisotopic (exact) mass is 223 g/mol. The predicted octanol–water partition coefficient (Wildman–Crippen LogP) is 1.42. The molecule has 0 aliphatic carbocycles. The molecule has 0 radical (unpaired) electrons. The summed E-state index contributed by atoms with van der Waals surface area (Å²) in [6.07, 6.45) is 1.14. The molecular weight excluding hydrogens is 206 g/mol. The van der Waals surface area contributed by atoms with Crippen molar-refractivity contribution in [1.82, 2.24) is 4.98 Å². The van der Waals surface area contributed by atoms with Crippen LogP contribution in [0.1, 0.15) is 19.8 Å². The second kappa shape index (κ2) is 6.66. The Labute approximate surface area is 95.0 Å². The largest absolute Gasteiger partial charge is 0.466 e. The van der Waals surface area contributed by atoms with Crippen LogP contribution in [0.25, 0.3) is 0 Å². The quantitative estimate of drug-likeness (QED) is 0.563. The smallest absolute Gasteiger partial charge is 0.305 e. The minimum absolute atomic E-state index is 0.162. The van der Waals surface area contributed by atoms with Crippen LogP contribution >= 0.6 is 0 Å². The molecule has 0 aliphatic rings. The van der Waals surface area contributed by atoms with Gasteiger partial charge in [-0.05, 0) is 25.5 Å². The summed E-state index contributed by atoms with van der Waals surface area (Å²) in [5, 5.41) is 3.08. The van der Waals surface area contributed by atoms with Crippen LogP contribution in [0.2, 0.25) is 0 Å². The Kier molecular flexibility index (Phi) is 5.11. The van der Waals surface area contributed by atoms with Crippen molar-refractivity contribution in [3.8, 4) is 0 Å². The van der Waals surface area contributed by atoms with Gasteiger partial charge >= 0.3 is 5.97 Å². The molecule has 0 unspecified atom stereocenters. The molecule has 88 valence electrons. The van der Waals surface area contributed by atoms with Crippen molar-refractivity contribution in [2.45, 2.75) is 19.8 Å². The number of esters is 1. The van der Waals surface area contributed by atoms with E-state index in [0.29, 0.717) is 25.4 Å². The highest BCUT2D eigenvalue weighted by molar-refractivity contribution is 5.69. The number of nitrogen functional groups attached to an aromatic ring is 1. The molecule has 1 aromatic heterocycles. The number of ether oxygens (including phenoxy) is 1. The fourth-order valence-corrected chi connectivity index (χ4v) is 1.23. The standard InChI is InChI=1S/C11H17N3O2/c1-2-16-11(15)7-4-8-13-10-6-3-5-9(12)14-10/h3,5-6H,2,4,7-8H2,1H3,(H3,12,13,14). The Bertz CT molecular complexity index is 342. The summed E-state index contributed by atoms with van der Waals surface area (Å²) in [6.45, 7) is 2.91. The van der Waals surface area contributed by atoms with Gasteiger partial charge in [0.05, 0.1) is 6.61 Å². The lowest BCUT2D eigenvalue weighted by Crippen LogP contribution is -2.09. The molecule has 5 nitrogen and oxygen atoms in total. The highest BCUT2D eigenvalue weighted by Gasteiger charge is 2.00. The maximum Gasteiger partial charge on any atom is 0.305 e. The molecule has 0 aromatic carbocycles. The van der Waals surface area contributed by atoms with Crippen molar-refractivity contribution < 1.29 is 9.53 Å². The van der Waals surface area contributed by atoms with E-state index in [1.165, 1.54) is 0 Å². The fourth-order valence-electron chi connectivity index (χ4n) is 1.23. The molecule has 0 amide bonds. The third-order valence-corrected chi connectivity index (χ3v) is 1.94. The van der Waals surface area contributed by atoms with Crippen LogP contribution in [0.15, 0.2) is 18.2 Å². The van der Waals surface area contributed by atoms with Gasteiger partial charge in [-0.1, -0.05) is 6.07 Å². The van der Waals surface area contributed by atoms with E-state index in [1.807, 2.05) is 12.1 Å². The molecule has 1 rings (SSSR count). The van der Waals surface area contributed by atoms with Crippen LogP contribution in [0, 0.1) is 0 Å². The van der Waals surface area contributed by atoms with Crippen LogP contribution in [0.5, 0.6) is 0 Å². The van der Waals surface area contributed by atoms with Crippen LogP contribution in [-0.2, 0) is 9.53 Å². The van der Waals surface area contributed by atoms with Crippen molar-refractivity contribution >= 4 is 17.6 Å². The molecule has 0 saturated carbocycles. The van der Waals surface area contributed by atoms with Crippen molar-refractivity contribution in [3.63, 3.8) is 0 Å². The molecule has 5 heteroatoms. The van der Waals surface area contributed by atoms with Crippen LogP contribution in [-0.4, -0.2) is 24.1 Å². The molecule has 1 heterocycles. The van der Waals surface area contributed by atoms with E-state index < -0.39 is 0 Å². The Morgan fingerprint density at radius 3 is 3.06 bits per heavy atom. The summed E-state index contributed by atoms with van der Waals surface area (Å²) in [7, 11) is 0. The minimum Gasteiger partial charge on any atom is -0.466 e. The second-order valence-corrected chi connectivity index (χ2v) is 3.28. The number of carbonyl (C=O) groups excluding carboxylic acids is 1. The van der Waals surface area contributed by atoms with E-state index in [2.05, 4.69) is 10.3 Å². The number of nitrogens with zero attached hydrogens (tertiary/aromatic N) is 1. The summed E-state index contributed by atoms with van der Waals surface area (Å²) in [5.74, 6) is 1.05. The number of hydrogen-bond acceptors (Lipinski definition) is 5. The third kappa shape index (κ3) is 4.63. The van der Waals surface area contributed by atoms with Crippen molar-refractivity contribution in [3.05, 3.63) is 18.2 Å². The minimum atomic E-state index is -0.162. The first kappa shape index (κ1) is 12.3. The van der Waals surface area contributed by atoms with Gasteiger partial charge in [0.2, 0.25) is 0 Å². The number of anilines is 2. The van der Waals surface area contributed by atoms with Gasteiger partial charge in [0.25, 0.3) is 0 Å². The zero-order valence-electron chi connectivity index (χ0n) is 9.40. The van der Waals surface area contributed by atoms with Gasteiger partial charge in [-0.2, -0.15) is 0 Å². The van der Waals surface area contributed by atoms with Gasteiger partial charge in [0, 0.05) is 13.0 Å². The van der Waals surface area contributed by atoms with E-state index in [-0.39, 0.29) is 5.97 Å². The lowest BCUT2D eigenvalue weighted by Gasteiger charge is -2.05. The lowest BCUT2D eigenvalue weighted by molar-refractivity contribution is -0.143. The summed E-state index contributed by atoms with van der Waals surface area (Å²) in [4.78, 5) is 15.1. The number of hydrogen-bond donors (Lipinski definition) is 2. The highest BCUT2D eigenvalue weighted by atomic mass is 16.5. The molecule has 0 fully saturated rings. The number of carbonyl (C=O) groups is 1. The van der Waals surface area contributed by atoms with Crippen molar-refractivity contribution in [1.29, 1.82) is 0 Å². The Morgan fingerprint density at radius 2 is 2.38 bits per heavy atom. The first-order valence-electron chi connectivity index (χ1n) is 5.34. The summed E-state index contributed by atoms with van der Waals surface area (Å²) in [6, 6.07) is 5.39. The van der Waals surface area contributed by atoms with E-state index in [1.54, 1.807) is 13.0 Å². The van der Waals surface area contributed by atoms with Crippen molar-refractivity contribution in [2.75, 3.05) is 24.2 Å². The maximum atomic E-state index is 11.0. The average molecular weight is 223 g/mol. The zero-order valence-corrected chi connectivity index (χ0v) is 9.40. The third-order valence-electron chi connectivity index (χ3n) is 1.94. The van der Waals surface area contributed by atoms with Gasteiger partial charge in [0.1, 0.15) is 11.6 Å². The van der Waals surface area contributed by atoms with Gasteiger partial charge in [-0.25, -0.2) is 4.98 Å². The normalized spacial score (nSPS) is 9.81. The number of pyridine rings is 1. The molecule has 0 aliphatic heterocycles.